The number of methoxy groups -OCH3 is 2. The summed E-state index contributed by atoms with van der Waals surface area (Å²) in [4.78, 5) is 0. The molecule has 0 aromatic rings. The van der Waals surface area contributed by atoms with Gasteiger partial charge in [-0.2, -0.15) is 0 Å². The standard InChI is InChI=1S/C8H16O4/c1-5-11-7(9-3)8(10-4)12-6-2/h5-6H2,1-4H3/b8-7-. The van der Waals surface area contributed by atoms with Crippen molar-refractivity contribution in [3.05, 3.63) is 11.9 Å². The van der Waals surface area contributed by atoms with Gasteiger partial charge < -0.3 is 18.9 Å². The lowest BCUT2D eigenvalue weighted by Crippen LogP contribution is -2.04. The molecular formula is C8H16O4. The number of rotatable bonds is 6. The molecule has 0 aromatic heterocycles. The van der Waals surface area contributed by atoms with E-state index in [-0.39, 0.29) is 11.9 Å². The summed E-state index contributed by atoms with van der Waals surface area (Å²) in [6.07, 6.45) is 0. The Morgan fingerprint density at radius 3 is 1.33 bits per heavy atom. The molecule has 4 nitrogen and oxygen atoms in total. The summed E-state index contributed by atoms with van der Waals surface area (Å²) in [7, 11) is 3.01. The van der Waals surface area contributed by atoms with Crippen LogP contribution in [0.1, 0.15) is 13.8 Å². The Balaban J connectivity index is 4.26. The highest BCUT2D eigenvalue weighted by Crippen LogP contribution is 2.09. The monoisotopic (exact) mass is 176 g/mol. The summed E-state index contributed by atoms with van der Waals surface area (Å²) >= 11 is 0. The molecule has 0 saturated carbocycles. The Hall–Kier alpha value is -1.06. The minimum atomic E-state index is 0.279. The average molecular weight is 176 g/mol. The Morgan fingerprint density at radius 2 is 1.17 bits per heavy atom. The molecule has 4 heteroatoms. The molecule has 0 saturated heterocycles. The fourth-order valence-electron chi connectivity index (χ4n) is 0.665. The van der Waals surface area contributed by atoms with E-state index in [0.717, 1.165) is 0 Å². The third-order valence-electron chi connectivity index (χ3n) is 1.09. The van der Waals surface area contributed by atoms with Crippen molar-refractivity contribution in [1.29, 1.82) is 0 Å². The number of hydrogen-bond acceptors (Lipinski definition) is 4. The number of ether oxygens (including phenoxy) is 4. The lowest BCUT2D eigenvalue weighted by Gasteiger charge is -2.11. The third-order valence-corrected chi connectivity index (χ3v) is 1.09. The second-order valence-corrected chi connectivity index (χ2v) is 1.85. The maximum absolute atomic E-state index is 5.10. The molecule has 0 aromatic carbocycles. The van der Waals surface area contributed by atoms with Gasteiger partial charge in [-0.15, -0.1) is 0 Å². The third kappa shape index (κ3) is 3.37. The van der Waals surface area contributed by atoms with Crippen LogP contribution in [-0.4, -0.2) is 27.4 Å². The molecule has 0 bridgehead atoms. The van der Waals surface area contributed by atoms with Crippen molar-refractivity contribution in [2.24, 2.45) is 0 Å². The second kappa shape index (κ2) is 6.64. The Morgan fingerprint density at radius 1 is 0.833 bits per heavy atom. The molecule has 0 radical (unpaired) electrons. The molecule has 0 heterocycles. The van der Waals surface area contributed by atoms with Gasteiger partial charge in [-0.1, -0.05) is 0 Å². The van der Waals surface area contributed by atoms with Gasteiger partial charge in [-0.3, -0.25) is 0 Å². The van der Waals surface area contributed by atoms with Gasteiger partial charge in [-0.25, -0.2) is 0 Å². The van der Waals surface area contributed by atoms with Gasteiger partial charge in [0.25, 0.3) is 0 Å². The molecule has 0 aliphatic heterocycles. The first-order valence-corrected chi connectivity index (χ1v) is 3.87. The SMILES string of the molecule is CCO/C(OC)=C(/OC)OCC. The zero-order valence-electron chi connectivity index (χ0n) is 8.05. The predicted octanol–water partition coefficient (Wildman–Crippen LogP) is 1.48. The molecule has 0 fully saturated rings. The van der Waals surface area contributed by atoms with E-state index in [1.165, 1.54) is 14.2 Å². The summed E-state index contributed by atoms with van der Waals surface area (Å²) in [5.74, 6) is 0.559. The molecule has 0 rings (SSSR count). The van der Waals surface area contributed by atoms with E-state index in [4.69, 9.17) is 18.9 Å². The molecule has 0 aliphatic carbocycles. The summed E-state index contributed by atoms with van der Waals surface area (Å²) in [5, 5.41) is 0. The largest absolute Gasteiger partial charge is 0.464 e. The fraction of sp³-hybridized carbons (Fsp3) is 0.750. The van der Waals surface area contributed by atoms with Crippen molar-refractivity contribution < 1.29 is 18.9 Å². The molecule has 72 valence electrons. The van der Waals surface area contributed by atoms with Crippen LogP contribution in [0.2, 0.25) is 0 Å². The molecule has 0 N–H and O–H groups in total. The number of hydrogen-bond donors (Lipinski definition) is 0. The fourth-order valence-corrected chi connectivity index (χ4v) is 0.665. The molecule has 0 unspecified atom stereocenters. The molecule has 0 spiro atoms. The van der Waals surface area contributed by atoms with Crippen molar-refractivity contribution in [3.8, 4) is 0 Å². The van der Waals surface area contributed by atoms with E-state index in [0.29, 0.717) is 13.2 Å². The Kier molecular flexibility index (Phi) is 6.05. The van der Waals surface area contributed by atoms with Crippen molar-refractivity contribution >= 4 is 0 Å². The Bertz CT molecular complexity index is 126. The van der Waals surface area contributed by atoms with Crippen molar-refractivity contribution in [3.63, 3.8) is 0 Å². The van der Waals surface area contributed by atoms with E-state index in [1.54, 1.807) is 0 Å². The van der Waals surface area contributed by atoms with E-state index >= 15 is 0 Å². The van der Waals surface area contributed by atoms with Gasteiger partial charge >= 0.3 is 11.9 Å². The molecule has 0 atom stereocenters. The van der Waals surface area contributed by atoms with Gasteiger partial charge in [0, 0.05) is 0 Å². The van der Waals surface area contributed by atoms with Crippen LogP contribution in [0.15, 0.2) is 11.9 Å². The van der Waals surface area contributed by atoms with Crippen LogP contribution >= 0.6 is 0 Å². The van der Waals surface area contributed by atoms with Crippen LogP contribution in [-0.2, 0) is 18.9 Å². The van der Waals surface area contributed by atoms with Crippen LogP contribution in [0.3, 0.4) is 0 Å². The average Bonchev–Trinajstić information content (AvgIpc) is 2.11. The topological polar surface area (TPSA) is 36.9 Å². The van der Waals surface area contributed by atoms with Gasteiger partial charge in [-0.05, 0) is 13.8 Å². The van der Waals surface area contributed by atoms with Gasteiger partial charge in [0.2, 0.25) is 0 Å². The first kappa shape index (κ1) is 10.9. The van der Waals surface area contributed by atoms with Crippen molar-refractivity contribution in [1.82, 2.24) is 0 Å². The van der Waals surface area contributed by atoms with Crippen LogP contribution in [0.5, 0.6) is 0 Å². The maximum atomic E-state index is 5.10. The van der Waals surface area contributed by atoms with E-state index < -0.39 is 0 Å². The highest BCUT2D eigenvalue weighted by molar-refractivity contribution is 4.85. The Labute approximate surface area is 73.1 Å². The lowest BCUT2D eigenvalue weighted by molar-refractivity contribution is -0.0155. The van der Waals surface area contributed by atoms with Crippen molar-refractivity contribution in [2.75, 3.05) is 27.4 Å². The van der Waals surface area contributed by atoms with Crippen LogP contribution in [0, 0.1) is 0 Å². The molecule has 0 aliphatic rings. The highest BCUT2D eigenvalue weighted by Gasteiger charge is 2.09. The zero-order chi connectivity index (χ0) is 9.40. The highest BCUT2D eigenvalue weighted by atomic mass is 16.7. The van der Waals surface area contributed by atoms with Crippen LogP contribution < -0.4 is 0 Å². The summed E-state index contributed by atoms with van der Waals surface area (Å²) in [6, 6.07) is 0. The van der Waals surface area contributed by atoms with Gasteiger partial charge in [0.05, 0.1) is 27.4 Å². The zero-order valence-corrected chi connectivity index (χ0v) is 8.05. The molecule has 12 heavy (non-hydrogen) atoms. The summed E-state index contributed by atoms with van der Waals surface area (Å²) in [5.41, 5.74) is 0. The quantitative estimate of drug-likeness (QED) is 0.574. The van der Waals surface area contributed by atoms with Crippen LogP contribution in [0.25, 0.3) is 0 Å². The van der Waals surface area contributed by atoms with Gasteiger partial charge in [0.1, 0.15) is 0 Å². The summed E-state index contributed by atoms with van der Waals surface area (Å²) in [6.45, 7) is 4.75. The first-order chi connectivity index (χ1) is 5.79. The first-order valence-electron chi connectivity index (χ1n) is 3.87. The van der Waals surface area contributed by atoms with Crippen molar-refractivity contribution in [2.45, 2.75) is 13.8 Å². The lowest BCUT2D eigenvalue weighted by atomic mass is 10.8. The minimum Gasteiger partial charge on any atom is -0.464 e. The smallest absolute Gasteiger partial charge is 0.363 e. The molecule has 0 amide bonds. The van der Waals surface area contributed by atoms with Gasteiger partial charge in [0.15, 0.2) is 0 Å². The maximum Gasteiger partial charge on any atom is 0.363 e. The molecular weight excluding hydrogens is 160 g/mol. The summed E-state index contributed by atoms with van der Waals surface area (Å²) < 4.78 is 20.0. The van der Waals surface area contributed by atoms with Crippen LogP contribution in [0.4, 0.5) is 0 Å². The minimum absolute atomic E-state index is 0.279. The normalized spacial score (nSPS) is 11.7. The second-order valence-electron chi connectivity index (χ2n) is 1.85. The predicted molar refractivity (Wildman–Crippen MR) is 44.3 cm³/mol. The van der Waals surface area contributed by atoms with E-state index in [9.17, 15) is 0 Å². The van der Waals surface area contributed by atoms with E-state index in [2.05, 4.69) is 0 Å². The van der Waals surface area contributed by atoms with E-state index in [1.807, 2.05) is 13.8 Å².